The molecule has 0 aromatic heterocycles. The molecule has 1 aromatic carbocycles. The number of hydrogen-bond acceptors (Lipinski definition) is 4. The van der Waals surface area contributed by atoms with Gasteiger partial charge in [0, 0.05) is 0 Å². The summed E-state index contributed by atoms with van der Waals surface area (Å²) in [5, 5.41) is 17.3. The van der Waals surface area contributed by atoms with Crippen LogP contribution in [-0.2, 0) is 21.0 Å². The maximum Gasteiger partial charge on any atom is 0.416 e. The molecule has 0 radical (unpaired) electrons. The zero-order valence-corrected chi connectivity index (χ0v) is 10.6. The first kappa shape index (κ1) is 16.4. The average molecular weight is 313 g/mol. The fraction of sp³-hybridized carbons (Fsp3) is 0.300. The van der Waals surface area contributed by atoms with Crippen LogP contribution >= 0.6 is 0 Å². The standard InChI is InChI=1S/C10H10F3NO5S/c11-10(12,13)6-1-3-7(4-2-6)20(18,19)14-8(5-15)9(16)17/h1-4,8,14-15H,5H2,(H,16,17)/t8-/m0/s1. The van der Waals surface area contributed by atoms with Crippen LogP contribution in [0.1, 0.15) is 5.56 Å². The highest BCUT2D eigenvalue weighted by Gasteiger charge is 2.31. The smallest absolute Gasteiger partial charge is 0.416 e. The lowest BCUT2D eigenvalue weighted by Gasteiger charge is -2.13. The summed E-state index contributed by atoms with van der Waals surface area (Å²) in [6.45, 7) is -0.991. The quantitative estimate of drug-likeness (QED) is 0.731. The van der Waals surface area contributed by atoms with E-state index in [9.17, 15) is 26.4 Å². The molecule has 112 valence electrons. The molecule has 0 aliphatic rings. The summed E-state index contributed by atoms with van der Waals surface area (Å²) in [5.41, 5.74) is -1.03. The van der Waals surface area contributed by atoms with Crippen LogP contribution < -0.4 is 4.72 Å². The predicted molar refractivity (Wildman–Crippen MR) is 60.3 cm³/mol. The number of carboxylic acids is 1. The molecule has 1 aromatic rings. The first-order valence-corrected chi connectivity index (χ1v) is 6.59. The predicted octanol–water partition coefficient (Wildman–Crippen LogP) is 0.429. The average Bonchev–Trinajstić information content (AvgIpc) is 2.35. The number of aliphatic hydroxyl groups excluding tert-OH is 1. The van der Waals surface area contributed by atoms with E-state index in [0.717, 1.165) is 0 Å². The second-order valence-electron chi connectivity index (χ2n) is 3.72. The van der Waals surface area contributed by atoms with E-state index >= 15 is 0 Å². The van der Waals surface area contributed by atoms with Crippen LogP contribution in [0.5, 0.6) is 0 Å². The third-order valence-electron chi connectivity index (χ3n) is 2.27. The number of nitrogens with one attached hydrogen (secondary N) is 1. The number of carboxylic acid groups (broad SMARTS) is 1. The minimum atomic E-state index is -4.61. The highest BCUT2D eigenvalue weighted by Crippen LogP contribution is 2.29. The van der Waals surface area contributed by atoms with Gasteiger partial charge in [-0.05, 0) is 24.3 Å². The molecule has 1 atom stereocenters. The van der Waals surface area contributed by atoms with Crippen molar-refractivity contribution >= 4 is 16.0 Å². The van der Waals surface area contributed by atoms with Crippen molar-refractivity contribution in [2.24, 2.45) is 0 Å². The van der Waals surface area contributed by atoms with E-state index in [-0.39, 0.29) is 0 Å². The molecule has 0 bridgehead atoms. The number of carbonyl (C=O) groups is 1. The number of sulfonamides is 1. The second kappa shape index (κ2) is 5.77. The first-order chi connectivity index (χ1) is 9.08. The van der Waals surface area contributed by atoms with Crippen LogP contribution in [0.4, 0.5) is 13.2 Å². The molecular weight excluding hydrogens is 303 g/mol. The van der Waals surface area contributed by atoms with Gasteiger partial charge in [0.25, 0.3) is 0 Å². The molecule has 0 unspecified atom stereocenters. The Morgan fingerprint density at radius 3 is 2.10 bits per heavy atom. The Morgan fingerprint density at radius 1 is 1.25 bits per heavy atom. The highest BCUT2D eigenvalue weighted by molar-refractivity contribution is 7.89. The summed E-state index contributed by atoms with van der Waals surface area (Å²) < 4.78 is 62.0. The van der Waals surface area contributed by atoms with Gasteiger partial charge in [0.2, 0.25) is 10.0 Å². The molecule has 0 amide bonds. The van der Waals surface area contributed by atoms with Crippen molar-refractivity contribution in [3.05, 3.63) is 29.8 Å². The number of aliphatic hydroxyl groups is 1. The SMILES string of the molecule is O=C(O)[C@H](CO)NS(=O)(=O)c1ccc(C(F)(F)F)cc1. The van der Waals surface area contributed by atoms with Crippen LogP contribution in [0.15, 0.2) is 29.2 Å². The monoisotopic (exact) mass is 313 g/mol. The lowest BCUT2D eigenvalue weighted by atomic mass is 10.2. The third-order valence-corrected chi connectivity index (χ3v) is 3.76. The minimum Gasteiger partial charge on any atom is -0.480 e. The van der Waals surface area contributed by atoms with Crippen LogP contribution in [0, 0.1) is 0 Å². The van der Waals surface area contributed by atoms with Crippen molar-refractivity contribution in [2.75, 3.05) is 6.61 Å². The van der Waals surface area contributed by atoms with Gasteiger partial charge in [-0.25, -0.2) is 8.42 Å². The summed E-state index contributed by atoms with van der Waals surface area (Å²) in [6, 6.07) is 0.734. The fourth-order valence-corrected chi connectivity index (χ4v) is 2.42. The van der Waals surface area contributed by atoms with E-state index in [2.05, 4.69) is 0 Å². The number of halogens is 3. The molecule has 6 nitrogen and oxygen atoms in total. The maximum atomic E-state index is 12.3. The van der Waals surface area contributed by atoms with Gasteiger partial charge in [-0.2, -0.15) is 17.9 Å². The Morgan fingerprint density at radius 2 is 1.75 bits per heavy atom. The van der Waals surface area contributed by atoms with Gasteiger partial charge in [0.15, 0.2) is 0 Å². The van der Waals surface area contributed by atoms with E-state index in [1.807, 2.05) is 0 Å². The van der Waals surface area contributed by atoms with Crippen molar-refractivity contribution in [3.63, 3.8) is 0 Å². The summed E-state index contributed by atoms with van der Waals surface area (Å²) in [4.78, 5) is 10.1. The number of benzene rings is 1. The van der Waals surface area contributed by atoms with Crippen molar-refractivity contribution in [3.8, 4) is 0 Å². The van der Waals surface area contributed by atoms with Crippen molar-refractivity contribution in [1.82, 2.24) is 4.72 Å². The van der Waals surface area contributed by atoms with E-state index in [0.29, 0.717) is 24.3 Å². The topological polar surface area (TPSA) is 104 Å². The molecule has 0 fully saturated rings. The molecule has 0 heterocycles. The number of rotatable bonds is 5. The first-order valence-electron chi connectivity index (χ1n) is 5.11. The molecular formula is C10H10F3NO5S. The Kier molecular flexibility index (Phi) is 4.73. The van der Waals surface area contributed by atoms with Crippen LogP contribution in [0.25, 0.3) is 0 Å². The normalized spacial score (nSPS) is 14.0. The van der Waals surface area contributed by atoms with Gasteiger partial charge in [0.1, 0.15) is 6.04 Å². The van der Waals surface area contributed by atoms with Gasteiger partial charge in [0.05, 0.1) is 17.1 Å². The van der Waals surface area contributed by atoms with E-state index in [4.69, 9.17) is 10.2 Å². The van der Waals surface area contributed by atoms with E-state index in [1.54, 1.807) is 4.72 Å². The third kappa shape index (κ3) is 3.92. The van der Waals surface area contributed by atoms with Gasteiger partial charge >= 0.3 is 12.1 Å². The highest BCUT2D eigenvalue weighted by atomic mass is 32.2. The van der Waals surface area contributed by atoms with Crippen LogP contribution in [0.2, 0.25) is 0 Å². The molecule has 10 heteroatoms. The molecule has 0 aliphatic heterocycles. The minimum absolute atomic E-state index is 0.537. The number of hydrogen-bond donors (Lipinski definition) is 3. The van der Waals surface area contributed by atoms with Gasteiger partial charge in [-0.15, -0.1) is 0 Å². The summed E-state index contributed by atoms with van der Waals surface area (Å²) in [5.74, 6) is -1.61. The summed E-state index contributed by atoms with van der Waals surface area (Å²) >= 11 is 0. The summed E-state index contributed by atoms with van der Waals surface area (Å²) in [7, 11) is -4.34. The molecule has 0 aliphatic carbocycles. The van der Waals surface area contributed by atoms with Gasteiger partial charge < -0.3 is 10.2 Å². The Hall–Kier alpha value is -1.65. The lowest BCUT2D eigenvalue weighted by molar-refractivity contribution is -0.140. The second-order valence-corrected chi connectivity index (χ2v) is 5.43. The maximum absolute atomic E-state index is 12.3. The molecule has 20 heavy (non-hydrogen) atoms. The van der Waals surface area contributed by atoms with E-state index < -0.39 is 45.3 Å². The van der Waals surface area contributed by atoms with Crippen LogP contribution in [-0.4, -0.2) is 37.2 Å². The van der Waals surface area contributed by atoms with Crippen molar-refractivity contribution in [2.45, 2.75) is 17.1 Å². The molecule has 0 saturated heterocycles. The number of aliphatic carboxylic acids is 1. The van der Waals surface area contributed by atoms with Crippen molar-refractivity contribution in [1.29, 1.82) is 0 Å². The van der Waals surface area contributed by atoms with Gasteiger partial charge in [-0.1, -0.05) is 0 Å². The van der Waals surface area contributed by atoms with Gasteiger partial charge in [-0.3, -0.25) is 4.79 Å². The van der Waals surface area contributed by atoms with E-state index in [1.165, 1.54) is 0 Å². The zero-order valence-electron chi connectivity index (χ0n) is 9.76. The number of alkyl halides is 3. The summed E-state index contributed by atoms with van der Waals surface area (Å²) in [6.07, 6.45) is -4.61. The zero-order chi connectivity index (χ0) is 15.6. The Bertz CT molecular complexity index is 582. The molecule has 3 N–H and O–H groups in total. The van der Waals surface area contributed by atoms with Crippen LogP contribution in [0.3, 0.4) is 0 Å². The lowest BCUT2D eigenvalue weighted by Crippen LogP contribution is -2.43. The molecule has 0 saturated carbocycles. The Labute approximate surface area is 111 Å². The fourth-order valence-electron chi connectivity index (χ4n) is 1.24. The molecule has 0 spiro atoms. The Balaban J connectivity index is 3.02. The van der Waals surface area contributed by atoms with Crippen molar-refractivity contribution < 1.29 is 36.6 Å². The largest absolute Gasteiger partial charge is 0.480 e. The molecule has 1 rings (SSSR count).